The number of likely N-dealkylation sites (N-methyl/N-ethyl adjacent to an activating group) is 1. The van der Waals surface area contributed by atoms with Gasteiger partial charge in [-0.25, -0.2) is 9.67 Å². The zero-order valence-corrected chi connectivity index (χ0v) is 10.9. The van der Waals surface area contributed by atoms with Crippen molar-refractivity contribution in [3.63, 3.8) is 0 Å². The Balaban J connectivity index is 2.64. The van der Waals surface area contributed by atoms with Gasteiger partial charge in [0.15, 0.2) is 0 Å². The lowest BCUT2D eigenvalue weighted by atomic mass is 10.3. The highest BCUT2D eigenvalue weighted by molar-refractivity contribution is 5.84. The number of hydrogen-bond acceptors (Lipinski definition) is 5. The molecule has 1 rings (SSSR count). The van der Waals surface area contributed by atoms with E-state index in [1.54, 1.807) is 13.8 Å². The monoisotopic (exact) mass is 254 g/mol. The van der Waals surface area contributed by atoms with Gasteiger partial charge >= 0.3 is 5.97 Å². The Labute approximate surface area is 106 Å². The Morgan fingerprint density at radius 1 is 1.44 bits per heavy atom. The number of rotatable bonds is 6. The molecule has 1 atom stereocenters. The molecule has 1 heterocycles. The second-order valence-corrected chi connectivity index (χ2v) is 3.71. The second kappa shape index (κ2) is 6.73. The van der Waals surface area contributed by atoms with Gasteiger partial charge in [0.2, 0.25) is 5.91 Å². The highest BCUT2D eigenvalue weighted by atomic mass is 16.5. The molecule has 0 radical (unpaired) electrons. The summed E-state index contributed by atoms with van der Waals surface area (Å²) in [4.78, 5) is 28.7. The molecule has 18 heavy (non-hydrogen) atoms. The van der Waals surface area contributed by atoms with Crippen molar-refractivity contribution >= 4 is 11.9 Å². The highest BCUT2D eigenvalue weighted by Gasteiger charge is 2.23. The second-order valence-electron chi connectivity index (χ2n) is 3.71. The first-order valence-electron chi connectivity index (χ1n) is 5.88. The van der Waals surface area contributed by atoms with E-state index in [2.05, 4.69) is 10.1 Å². The van der Waals surface area contributed by atoms with Crippen molar-refractivity contribution < 1.29 is 14.3 Å². The summed E-state index contributed by atoms with van der Waals surface area (Å²) in [5, 5.41) is 3.91. The molecule has 0 saturated carbocycles. The van der Waals surface area contributed by atoms with E-state index in [9.17, 15) is 9.59 Å². The summed E-state index contributed by atoms with van der Waals surface area (Å²) in [6.07, 6.45) is 2.84. The molecule has 1 amide bonds. The minimum Gasteiger partial charge on any atom is -0.465 e. The van der Waals surface area contributed by atoms with Gasteiger partial charge in [-0.1, -0.05) is 0 Å². The van der Waals surface area contributed by atoms with Crippen LogP contribution in [0.3, 0.4) is 0 Å². The molecular formula is C11H18N4O3. The molecule has 1 aromatic heterocycles. The zero-order valence-electron chi connectivity index (χ0n) is 10.9. The van der Waals surface area contributed by atoms with E-state index in [-0.39, 0.29) is 12.5 Å². The molecule has 0 aromatic carbocycles. The maximum Gasteiger partial charge on any atom is 0.325 e. The molecule has 0 spiro atoms. The van der Waals surface area contributed by atoms with Crippen LogP contribution in [0.25, 0.3) is 0 Å². The van der Waals surface area contributed by atoms with E-state index in [1.807, 2.05) is 6.92 Å². The van der Waals surface area contributed by atoms with Gasteiger partial charge in [-0.2, -0.15) is 5.10 Å². The minimum absolute atomic E-state index is 0.0395. The third kappa shape index (κ3) is 3.54. The van der Waals surface area contributed by atoms with Gasteiger partial charge in [-0.3, -0.25) is 9.59 Å². The lowest BCUT2D eigenvalue weighted by molar-refractivity contribution is -0.149. The van der Waals surface area contributed by atoms with E-state index in [4.69, 9.17) is 4.74 Å². The van der Waals surface area contributed by atoms with Crippen LogP contribution in [0.5, 0.6) is 0 Å². The van der Waals surface area contributed by atoms with Gasteiger partial charge in [0.25, 0.3) is 0 Å². The molecular weight excluding hydrogens is 236 g/mol. The number of carbonyl (C=O) groups is 2. The Morgan fingerprint density at radius 2 is 2.17 bits per heavy atom. The molecule has 1 unspecified atom stereocenters. The van der Waals surface area contributed by atoms with Crippen LogP contribution < -0.4 is 0 Å². The summed E-state index contributed by atoms with van der Waals surface area (Å²) in [5.74, 6) is -0.588. The topological polar surface area (TPSA) is 77.3 Å². The predicted molar refractivity (Wildman–Crippen MR) is 63.6 cm³/mol. The largest absolute Gasteiger partial charge is 0.465 e. The summed E-state index contributed by atoms with van der Waals surface area (Å²) >= 11 is 0. The van der Waals surface area contributed by atoms with E-state index >= 15 is 0 Å². The number of esters is 1. The Hall–Kier alpha value is -1.92. The number of nitrogens with zero attached hydrogens (tertiary/aromatic N) is 4. The molecule has 0 aliphatic heterocycles. The lowest BCUT2D eigenvalue weighted by Gasteiger charge is -2.23. The average Bonchev–Trinajstić information content (AvgIpc) is 2.88. The first kappa shape index (κ1) is 14.1. The summed E-state index contributed by atoms with van der Waals surface area (Å²) in [5.41, 5.74) is 0. The van der Waals surface area contributed by atoms with Crippen LogP contribution in [0.1, 0.15) is 26.8 Å². The molecule has 7 heteroatoms. The van der Waals surface area contributed by atoms with E-state index in [0.717, 1.165) is 0 Å². The maximum absolute atomic E-state index is 12.1. The average molecular weight is 254 g/mol. The van der Waals surface area contributed by atoms with Crippen molar-refractivity contribution in [2.75, 3.05) is 19.7 Å². The summed E-state index contributed by atoms with van der Waals surface area (Å²) in [6.45, 7) is 5.96. The predicted octanol–water partition coefficient (Wildman–Crippen LogP) is 0.251. The van der Waals surface area contributed by atoms with Crippen molar-refractivity contribution in [3.05, 3.63) is 12.7 Å². The molecule has 0 aliphatic carbocycles. The van der Waals surface area contributed by atoms with E-state index < -0.39 is 12.0 Å². The molecule has 0 saturated heterocycles. The van der Waals surface area contributed by atoms with Crippen LogP contribution in [0.4, 0.5) is 0 Å². The number of aromatic nitrogens is 3. The van der Waals surface area contributed by atoms with Gasteiger partial charge in [0.05, 0.1) is 6.61 Å². The number of ether oxygens (including phenoxy) is 1. The number of amides is 1. The van der Waals surface area contributed by atoms with Crippen molar-refractivity contribution in [2.24, 2.45) is 0 Å². The molecule has 100 valence electrons. The lowest BCUT2D eigenvalue weighted by Crippen LogP contribution is -2.40. The highest BCUT2D eigenvalue weighted by Crippen LogP contribution is 2.07. The van der Waals surface area contributed by atoms with Gasteiger partial charge in [0.1, 0.15) is 25.2 Å². The first-order valence-corrected chi connectivity index (χ1v) is 5.88. The molecule has 0 aliphatic rings. The standard InChI is InChI=1S/C11H18N4O3/c1-4-14(6-10(16)18-5-2)11(17)9(3)15-8-12-7-13-15/h7-9H,4-6H2,1-3H3. The van der Waals surface area contributed by atoms with Gasteiger partial charge in [-0.05, 0) is 20.8 Å². The van der Waals surface area contributed by atoms with Gasteiger partial charge in [0, 0.05) is 6.54 Å². The minimum atomic E-state index is -0.484. The molecule has 0 bridgehead atoms. The smallest absolute Gasteiger partial charge is 0.325 e. The fraction of sp³-hybridized carbons (Fsp3) is 0.636. The quantitative estimate of drug-likeness (QED) is 0.680. The fourth-order valence-corrected chi connectivity index (χ4v) is 1.50. The number of carbonyl (C=O) groups excluding carboxylic acids is 2. The fourth-order valence-electron chi connectivity index (χ4n) is 1.50. The Bertz CT molecular complexity index is 391. The Morgan fingerprint density at radius 3 is 2.67 bits per heavy atom. The molecule has 1 aromatic rings. The van der Waals surface area contributed by atoms with Crippen molar-refractivity contribution in [1.29, 1.82) is 0 Å². The van der Waals surface area contributed by atoms with Crippen LogP contribution in [-0.2, 0) is 14.3 Å². The van der Waals surface area contributed by atoms with Crippen LogP contribution in [0, 0.1) is 0 Å². The molecule has 0 fully saturated rings. The van der Waals surface area contributed by atoms with Crippen LogP contribution >= 0.6 is 0 Å². The van der Waals surface area contributed by atoms with Crippen LogP contribution in [0.15, 0.2) is 12.7 Å². The van der Waals surface area contributed by atoms with Crippen LogP contribution in [-0.4, -0.2) is 51.2 Å². The number of hydrogen-bond donors (Lipinski definition) is 0. The SMILES string of the molecule is CCOC(=O)CN(CC)C(=O)C(C)n1cncn1. The van der Waals surface area contributed by atoms with E-state index in [0.29, 0.717) is 13.2 Å². The molecule has 0 N–H and O–H groups in total. The van der Waals surface area contributed by atoms with Crippen molar-refractivity contribution in [2.45, 2.75) is 26.8 Å². The van der Waals surface area contributed by atoms with Crippen LogP contribution in [0.2, 0.25) is 0 Å². The molecule has 7 nitrogen and oxygen atoms in total. The third-order valence-corrected chi connectivity index (χ3v) is 2.51. The first-order chi connectivity index (χ1) is 8.60. The van der Waals surface area contributed by atoms with E-state index in [1.165, 1.54) is 22.2 Å². The zero-order chi connectivity index (χ0) is 13.5. The van der Waals surface area contributed by atoms with Gasteiger partial charge < -0.3 is 9.64 Å². The van der Waals surface area contributed by atoms with Crippen molar-refractivity contribution in [3.8, 4) is 0 Å². The summed E-state index contributed by atoms with van der Waals surface area (Å²) in [7, 11) is 0. The third-order valence-electron chi connectivity index (χ3n) is 2.51. The van der Waals surface area contributed by atoms with Crippen molar-refractivity contribution in [1.82, 2.24) is 19.7 Å². The van der Waals surface area contributed by atoms with Gasteiger partial charge in [-0.15, -0.1) is 0 Å². The Kier molecular flexibility index (Phi) is 5.29. The summed E-state index contributed by atoms with van der Waals surface area (Å²) < 4.78 is 6.28. The summed E-state index contributed by atoms with van der Waals surface area (Å²) in [6, 6.07) is -0.484. The normalized spacial score (nSPS) is 11.9. The maximum atomic E-state index is 12.1.